The molecule has 0 bridgehead atoms. The van der Waals surface area contributed by atoms with Crippen LogP contribution in [0.15, 0.2) is 18.2 Å². The molecule has 0 fully saturated rings. The van der Waals surface area contributed by atoms with Crippen LogP contribution in [0.5, 0.6) is 0 Å². The molecule has 0 spiro atoms. The van der Waals surface area contributed by atoms with Gasteiger partial charge in [0.05, 0.1) is 0 Å². The normalized spacial score (nSPS) is 12.7. The number of rotatable bonds is 8. The number of halogens is 1. The lowest BCUT2D eigenvalue weighted by atomic mass is 10.00. The Bertz CT molecular complexity index is 348. The summed E-state index contributed by atoms with van der Waals surface area (Å²) < 4.78 is 0. The molecular formula is C15H24ClNO. The molecule has 18 heavy (non-hydrogen) atoms. The first kappa shape index (κ1) is 15.5. The quantitative estimate of drug-likeness (QED) is 0.757. The Morgan fingerprint density at radius 3 is 2.72 bits per heavy atom. The van der Waals surface area contributed by atoms with Gasteiger partial charge < -0.3 is 10.4 Å². The zero-order valence-corrected chi connectivity index (χ0v) is 12.1. The maximum atomic E-state index is 9.01. The average molecular weight is 270 g/mol. The molecule has 1 atom stereocenters. The second-order valence-corrected chi connectivity index (χ2v) is 5.31. The lowest BCUT2D eigenvalue weighted by Gasteiger charge is -2.16. The van der Waals surface area contributed by atoms with Gasteiger partial charge in [0, 0.05) is 18.2 Å². The Kier molecular flexibility index (Phi) is 7.33. The Hall–Kier alpha value is -0.570. The lowest BCUT2D eigenvalue weighted by molar-refractivity contribution is 0.248. The van der Waals surface area contributed by atoms with Gasteiger partial charge in [-0.2, -0.15) is 0 Å². The second-order valence-electron chi connectivity index (χ2n) is 4.87. The number of aliphatic hydroxyl groups is 1. The van der Waals surface area contributed by atoms with E-state index in [0.717, 1.165) is 24.5 Å². The highest BCUT2D eigenvalue weighted by atomic mass is 35.5. The predicted octanol–water partition coefficient (Wildman–Crippen LogP) is 3.54. The fourth-order valence-electron chi connectivity index (χ4n) is 2.21. The third-order valence-corrected chi connectivity index (χ3v) is 3.52. The third kappa shape index (κ3) is 5.38. The Morgan fingerprint density at radius 2 is 2.11 bits per heavy atom. The molecule has 0 aliphatic rings. The van der Waals surface area contributed by atoms with Crippen LogP contribution >= 0.6 is 11.6 Å². The molecule has 1 rings (SSSR count). The van der Waals surface area contributed by atoms with Gasteiger partial charge in [-0.05, 0) is 55.5 Å². The van der Waals surface area contributed by atoms with E-state index in [2.05, 4.69) is 25.2 Å². The highest BCUT2D eigenvalue weighted by Crippen LogP contribution is 2.15. The SMILES string of the molecule is CCCC(CCO)CNCc1ccc(Cl)cc1C. The van der Waals surface area contributed by atoms with Crippen molar-refractivity contribution in [3.63, 3.8) is 0 Å². The smallest absolute Gasteiger partial charge is 0.0434 e. The molecule has 3 heteroatoms. The summed E-state index contributed by atoms with van der Waals surface area (Å²) in [6.07, 6.45) is 3.24. The van der Waals surface area contributed by atoms with E-state index in [1.165, 1.54) is 24.0 Å². The predicted molar refractivity (Wildman–Crippen MR) is 78.0 cm³/mol. The summed E-state index contributed by atoms with van der Waals surface area (Å²) in [7, 11) is 0. The number of benzene rings is 1. The van der Waals surface area contributed by atoms with E-state index >= 15 is 0 Å². The first-order valence-electron chi connectivity index (χ1n) is 6.74. The first-order valence-corrected chi connectivity index (χ1v) is 7.11. The van der Waals surface area contributed by atoms with E-state index in [1.807, 2.05) is 12.1 Å². The second kappa shape index (κ2) is 8.52. The fraction of sp³-hybridized carbons (Fsp3) is 0.600. The molecular weight excluding hydrogens is 246 g/mol. The number of aliphatic hydroxyl groups excluding tert-OH is 1. The molecule has 1 unspecified atom stereocenters. The Morgan fingerprint density at radius 1 is 1.33 bits per heavy atom. The summed E-state index contributed by atoms with van der Waals surface area (Å²) in [5.41, 5.74) is 2.52. The average Bonchev–Trinajstić information content (AvgIpc) is 2.32. The highest BCUT2D eigenvalue weighted by Gasteiger charge is 2.07. The van der Waals surface area contributed by atoms with E-state index in [9.17, 15) is 0 Å². The van der Waals surface area contributed by atoms with Crippen molar-refractivity contribution < 1.29 is 5.11 Å². The fourth-order valence-corrected chi connectivity index (χ4v) is 2.43. The molecule has 0 saturated heterocycles. The topological polar surface area (TPSA) is 32.3 Å². The van der Waals surface area contributed by atoms with Crippen LogP contribution in [0.3, 0.4) is 0 Å². The minimum atomic E-state index is 0.284. The summed E-state index contributed by atoms with van der Waals surface area (Å²) in [5.74, 6) is 0.576. The molecule has 2 nitrogen and oxygen atoms in total. The van der Waals surface area contributed by atoms with Crippen molar-refractivity contribution in [3.8, 4) is 0 Å². The van der Waals surface area contributed by atoms with Gasteiger partial charge in [-0.1, -0.05) is 31.0 Å². The molecule has 0 aromatic heterocycles. The molecule has 0 aliphatic carbocycles. The molecule has 0 aliphatic heterocycles. The number of hydrogen-bond donors (Lipinski definition) is 2. The summed E-state index contributed by atoms with van der Waals surface area (Å²) >= 11 is 5.94. The highest BCUT2D eigenvalue weighted by molar-refractivity contribution is 6.30. The van der Waals surface area contributed by atoms with Gasteiger partial charge in [-0.15, -0.1) is 0 Å². The summed E-state index contributed by atoms with van der Waals surface area (Å²) in [5, 5.41) is 13.3. The van der Waals surface area contributed by atoms with Crippen molar-refractivity contribution in [3.05, 3.63) is 34.3 Å². The van der Waals surface area contributed by atoms with Gasteiger partial charge in [0.25, 0.3) is 0 Å². The third-order valence-electron chi connectivity index (χ3n) is 3.29. The zero-order valence-electron chi connectivity index (χ0n) is 11.4. The summed E-state index contributed by atoms with van der Waals surface area (Å²) in [4.78, 5) is 0. The molecule has 0 radical (unpaired) electrons. The van der Waals surface area contributed by atoms with Gasteiger partial charge in [0.2, 0.25) is 0 Å². The van der Waals surface area contributed by atoms with Crippen LogP contribution in [-0.2, 0) is 6.54 Å². The minimum Gasteiger partial charge on any atom is -0.396 e. The van der Waals surface area contributed by atoms with Crippen LogP contribution in [0.25, 0.3) is 0 Å². The van der Waals surface area contributed by atoms with Crippen molar-refractivity contribution in [2.24, 2.45) is 5.92 Å². The maximum absolute atomic E-state index is 9.01. The molecule has 1 aromatic carbocycles. The van der Waals surface area contributed by atoms with Crippen molar-refractivity contribution in [2.75, 3.05) is 13.2 Å². The largest absolute Gasteiger partial charge is 0.396 e. The lowest BCUT2D eigenvalue weighted by Crippen LogP contribution is -2.23. The zero-order chi connectivity index (χ0) is 13.4. The van der Waals surface area contributed by atoms with Crippen molar-refractivity contribution >= 4 is 11.6 Å². The van der Waals surface area contributed by atoms with Crippen LogP contribution in [0.4, 0.5) is 0 Å². The molecule has 102 valence electrons. The monoisotopic (exact) mass is 269 g/mol. The van der Waals surface area contributed by atoms with Crippen LogP contribution < -0.4 is 5.32 Å². The minimum absolute atomic E-state index is 0.284. The van der Waals surface area contributed by atoms with E-state index in [4.69, 9.17) is 16.7 Å². The summed E-state index contributed by atoms with van der Waals surface area (Å²) in [6, 6.07) is 6.00. The Labute approximate surface area is 115 Å². The molecule has 0 amide bonds. The maximum Gasteiger partial charge on any atom is 0.0434 e. The van der Waals surface area contributed by atoms with Gasteiger partial charge in [-0.25, -0.2) is 0 Å². The molecule has 0 saturated carbocycles. The first-order chi connectivity index (χ1) is 8.67. The number of nitrogens with one attached hydrogen (secondary N) is 1. The van der Waals surface area contributed by atoms with Gasteiger partial charge in [0.1, 0.15) is 0 Å². The van der Waals surface area contributed by atoms with Crippen molar-refractivity contribution in [1.29, 1.82) is 0 Å². The van der Waals surface area contributed by atoms with Gasteiger partial charge in [0.15, 0.2) is 0 Å². The molecule has 2 N–H and O–H groups in total. The standard InChI is InChI=1S/C15H24ClNO/c1-3-4-13(7-8-18)10-17-11-14-5-6-15(16)9-12(14)2/h5-6,9,13,17-18H,3-4,7-8,10-11H2,1-2H3. The number of hydrogen-bond acceptors (Lipinski definition) is 2. The van der Waals surface area contributed by atoms with Crippen molar-refractivity contribution in [2.45, 2.75) is 39.7 Å². The Balaban J connectivity index is 2.39. The van der Waals surface area contributed by atoms with Crippen molar-refractivity contribution in [1.82, 2.24) is 5.32 Å². The van der Waals surface area contributed by atoms with Gasteiger partial charge >= 0.3 is 0 Å². The number of aryl methyl sites for hydroxylation is 1. The molecule has 1 aromatic rings. The van der Waals surface area contributed by atoms with Gasteiger partial charge in [-0.3, -0.25) is 0 Å². The van der Waals surface area contributed by atoms with E-state index < -0.39 is 0 Å². The summed E-state index contributed by atoms with van der Waals surface area (Å²) in [6.45, 7) is 6.39. The van der Waals surface area contributed by atoms with E-state index in [1.54, 1.807) is 0 Å². The van der Waals surface area contributed by atoms with E-state index in [0.29, 0.717) is 5.92 Å². The van der Waals surface area contributed by atoms with E-state index in [-0.39, 0.29) is 6.61 Å². The van der Waals surface area contributed by atoms with Crippen LogP contribution in [0.2, 0.25) is 5.02 Å². The molecule has 0 heterocycles. The van der Waals surface area contributed by atoms with Crippen LogP contribution in [0, 0.1) is 12.8 Å². The van der Waals surface area contributed by atoms with Crippen LogP contribution in [0.1, 0.15) is 37.3 Å². The van der Waals surface area contributed by atoms with Crippen LogP contribution in [-0.4, -0.2) is 18.3 Å².